The molecule has 206 valence electrons. The van der Waals surface area contributed by atoms with Crippen LogP contribution in [0.3, 0.4) is 0 Å². The molecular weight excluding hydrogens is 492 g/mol. The Morgan fingerprint density at radius 2 is 1.75 bits per heavy atom. The molecule has 2 aliphatic heterocycles. The number of likely N-dealkylation sites (N-methyl/N-ethyl adjacent to an activating group) is 1. The van der Waals surface area contributed by atoms with E-state index in [4.69, 9.17) is 4.74 Å². The molecule has 0 atom stereocenters. The van der Waals surface area contributed by atoms with Crippen LogP contribution in [0, 0.1) is 6.92 Å². The largest absolute Gasteiger partial charge is 0.468 e. The smallest absolute Gasteiger partial charge is 0.293 e. The van der Waals surface area contributed by atoms with Crippen molar-refractivity contribution in [2.75, 3.05) is 24.6 Å². The fourth-order valence-corrected chi connectivity index (χ4v) is 6.62. The standard InChI is InChI=1S/C36H41N2O2/c1-7-37-31-21-19-27-14-11-12-15-28(27)34(31)36(5,6)33(37)17-10-8-9-16-32-35(3,4)29-24-26(2)18-20-30(29)38(32)22-13-23-40-25-39/h8-12,14-21,24-25H,7,13,22-23H2,1-6H3/q+1. The van der Waals surface area contributed by atoms with E-state index in [0.717, 1.165) is 19.5 Å². The van der Waals surface area contributed by atoms with E-state index in [1.54, 1.807) is 0 Å². The lowest BCUT2D eigenvalue weighted by Crippen LogP contribution is -2.28. The number of benzene rings is 3. The summed E-state index contributed by atoms with van der Waals surface area (Å²) in [5.74, 6) is 0. The molecule has 0 radical (unpaired) electrons. The number of allylic oxidation sites excluding steroid dienone is 6. The molecular formula is C36H41N2O2+. The van der Waals surface area contributed by atoms with Gasteiger partial charge in [0.1, 0.15) is 0 Å². The third-order valence-electron chi connectivity index (χ3n) is 8.56. The van der Waals surface area contributed by atoms with Crippen LogP contribution in [0.1, 0.15) is 57.7 Å². The second kappa shape index (κ2) is 10.9. The van der Waals surface area contributed by atoms with Crippen LogP contribution in [-0.2, 0) is 20.4 Å². The van der Waals surface area contributed by atoms with E-state index in [1.165, 1.54) is 50.2 Å². The topological polar surface area (TPSA) is 32.5 Å². The van der Waals surface area contributed by atoms with Gasteiger partial charge in [0.05, 0.1) is 12.0 Å². The van der Waals surface area contributed by atoms with E-state index < -0.39 is 0 Å². The zero-order valence-corrected chi connectivity index (χ0v) is 24.7. The molecule has 0 aliphatic carbocycles. The lowest BCUT2D eigenvalue weighted by Gasteiger charge is -2.26. The minimum absolute atomic E-state index is 0.0949. The maximum atomic E-state index is 10.6. The van der Waals surface area contributed by atoms with E-state index in [9.17, 15) is 4.79 Å². The van der Waals surface area contributed by atoms with Gasteiger partial charge in [-0.05, 0) is 62.2 Å². The van der Waals surface area contributed by atoms with Gasteiger partial charge in [-0.2, -0.15) is 4.58 Å². The summed E-state index contributed by atoms with van der Waals surface area (Å²) >= 11 is 0. The molecule has 0 unspecified atom stereocenters. The van der Waals surface area contributed by atoms with Gasteiger partial charge >= 0.3 is 0 Å². The summed E-state index contributed by atoms with van der Waals surface area (Å²) in [6, 6.07) is 19.9. The molecule has 5 rings (SSSR count). The molecule has 2 heterocycles. The first-order valence-corrected chi connectivity index (χ1v) is 14.4. The fourth-order valence-electron chi connectivity index (χ4n) is 6.62. The highest BCUT2D eigenvalue weighted by Gasteiger charge is 2.44. The van der Waals surface area contributed by atoms with E-state index in [1.807, 2.05) is 0 Å². The van der Waals surface area contributed by atoms with Crippen molar-refractivity contribution in [2.45, 2.75) is 58.8 Å². The van der Waals surface area contributed by atoms with Crippen LogP contribution in [-0.4, -0.2) is 36.5 Å². The van der Waals surface area contributed by atoms with Crippen LogP contribution in [0.4, 0.5) is 11.4 Å². The molecule has 0 saturated carbocycles. The number of carbonyl (C=O) groups excluding carboxylic acids is 1. The summed E-state index contributed by atoms with van der Waals surface area (Å²) in [6.07, 6.45) is 11.8. The number of anilines is 1. The van der Waals surface area contributed by atoms with E-state index >= 15 is 0 Å². The number of carbonyl (C=O) groups is 1. The Kier molecular flexibility index (Phi) is 7.55. The van der Waals surface area contributed by atoms with Crippen molar-refractivity contribution in [2.24, 2.45) is 0 Å². The van der Waals surface area contributed by atoms with Crippen LogP contribution in [0.2, 0.25) is 0 Å². The van der Waals surface area contributed by atoms with Gasteiger partial charge < -0.3 is 9.64 Å². The van der Waals surface area contributed by atoms with Crippen molar-refractivity contribution in [3.8, 4) is 0 Å². The van der Waals surface area contributed by atoms with E-state index in [2.05, 4.69) is 136 Å². The number of rotatable bonds is 9. The molecule has 0 N–H and O–H groups in total. The predicted octanol–water partition coefficient (Wildman–Crippen LogP) is 7.90. The Morgan fingerprint density at radius 1 is 0.950 bits per heavy atom. The number of hydrogen-bond acceptors (Lipinski definition) is 3. The molecule has 0 spiro atoms. The quantitative estimate of drug-likeness (QED) is 0.121. The maximum Gasteiger partial charge on any atom is 0.293 e. The molecule has 3 aromatic rings. The maximum absolute atomic E-state index is 10.6. The highest BCUT2D eigenvalue weighted by molar-refractivity contribution is 6.03. The lowest BCUT2D eigenvalue weighted by molar-refractivity contribution is -0.438. The number of ether oxygens (including phenoxy) is 1. The molecule has 0 fully saturated rings. The summed E-state index contributed by atoms with van der Waals surface area (Å²) < 4.78 is 7.36. The average Bonchev–Trinajstić information content (AvgIpc) is 3.29. The molecule has 0 amide bonds. The van der Waals surface area contributed by atoms with Crippen molar-refractivity contribution in [3.63, 3.8) is 0 Å². The first-order chi connectivity index (χ1) is 19.2. The van der Waals surface area contributed by atoms with Gasteiger partial charge in [0.2, 0.25) is 5.69 Å². The van der Waals surface area contributed by atoms with Gasteiger partial charge in [0.25, 0.3) is 6.47 Å². The second-order valence-electron chi connectivity index (χ2n) is 11.8. The molecule has 3 aromatic carbocycles. The molecule has 0 saturated heterocycles. The Balaban J connectivity index is 1.45. The zero-order valence-electron chi connectivity index (χ0n) is 24.7. The highest BCUT2D eigenvalue weighted by atomic mass is 16.5. The summed E-state index contributed by atoms with van der Waals surface area (Å²) in [6.45, 7) is 16.3. The van der Waals surface area contributed by atoms with Crippen molar-refractivity contribution < 1.29 is 14.1 Å². The third-order valence-corrected chi connectivity index (χ3v) is 8.56. The SMILES string of the molecule is CCN1/C(=C/C=C/C=C/C2=[N+](CCCOC=O)c3ccc(C)cc3C2(C)C)C(C)(C)c2c1ccc1ccccc21. The number of fused-ring (bicyclic) bond motifs is 4. The summed E-state index contributed by atoms with van der Waals surface area (Å²) in [5.41, 5.74) is 8.93. The van der Waals surface area contributed by atoms with Crippen molar-refractivity contribution in [3.05, 3.63) is 107 Å². The zero-order chi connectivity index (χ0) is 28.5. The Hall–Kier alpha value is -3.92. The first-order valence-electron chi connectivity index (χ1n) is 14.4. The van der Waals surface area contributed by atoms with Crippen LogP contribution < -0.4 is 4.90 Å². The number of aryl methyl sites for hydroxylation is 1. The highest BCUT2D eigenvalue weighted by Crippen LogP contribution is 2.50. The Morgan fingerprint density at radius 3 is 2.52 bits per heavy atom. The van der Waals surface area contributed by atoms with Crippen molar-refractivity contribution >= 4 is 34.3 Å². The fraction of sp³-hybridized carbons (Fsp3) is 0.333. The van der Waals surface area contributed by atoms with Crippen molar-refractivity contribution in [1.29, 1.82) is 0 Å². The summed E-state index contributed by atoms with van der Waals surface area (Å²) in [7, 11) is 0. The van der Waals surface area contributed by atoms with Crippen LogP contribution in [0.25, 0.3) is 10.8 Å². The van der Waals surface area contributed by atoms with E-state index in [-0.39, 0.29) is 10.8 Å². The van der Waals surface area contributed by atoms with Crippen molar-refractivity contribution in [1.82, 2.24) is 0 Å². The second-order valence-corrected chi connectivity index (χ2v) is 11.8. The molecule has 0 aromatic heterocycles. The van der Waals surface area contributed by atoms with Gasteiger partial charge in [-0.3, -0.25) is 4.79 Å². The van der Waals surface area contributed by atoms with Crippen LogP contribution in [0.15, 0.2) is 90.7 Å². The van der Waals surface area contributed by atoms with Gasteiger partial charge in [0, 0.05) is 47.5 Å². The Labute approximate surface area is 239 Å². The average molecular weight is 534 g/mol. The summed E-state index contributed by atoms with van der Waals surface area (Å²) in [5, 5.41) is 2.63. The molecule has 4 nitrogen and oxygen atoms in total. The predicted molar refractivity (Wildman–Crippen MR) is 167 cm³/mol. The minimum Gasteiger partial charge on any atom is -0.468 e. The first kappa shape index (κ1) is 27.6. The number of hydrogen-bond donors (Lipinski definition) is 0. The van der Waals surface area contributed by atoms with Gasteiger partial charge in [-0.1, -0.05) is 74.0 Å². The lowest BCUT2D eigenvalue weighted by atomic mass is 9.81. The monoisotopic (exact) mass is 533 g/mol. The summed E-state index contributed by atoms with van der Waals surface area (Å²) in [4.78, 5) is 13.1. The minimum atomic E-state index is -0.120. The molecule has 40 heavy (non-hydrogen) atoms. The normalized spacial score (nSPS) is 18.4. The van der Waals surface area contributed by atoms with Gasteiger partial charge in [-0.25, -0.2) is 0 Å². The van der Waals surface area contributed by atoms with E-state index in [0.29, 0.717) is 13.1 Å². The Bertz CT molecular complexity index is 1570. The van der Waals surface area contributed by atoms with Crippen LogP contribution in [0.5, 0.6) is 0 Å². The molecule has 4 heteroatoms. The third kappa shape index (κ3) is 4.70. The van der Waals surface area contributed by atoms with Gasteiger partial charge in [-0.15, -0.1) is 0 Å². The van der Waals surface area contributed by atoms with Crippen LogP contribution >= 0.6 is 0 Å². The number of nitrogens with zero attached hydrogens (tertiary/aromatic N) is 2. The molecule has 0 bridgehead atoms. The molecule has 2 aliphatic rings. The van der Waals surface area contributed by atoms with Gasteiger partial charge in [0.15, 0.2) is 12.3 Å².